The number of rotatable bonds is 2. The molecule has 0 spiro atoms. The number of carbonyl (C=O) groups excluding carboxylic acids is 1. The molecule has 120 valence electrons. The number of alkyl halides is 3. The van der Waals surface area contributed by atoms with Crippen LogP contribution in [0.4, 0.5) is 13.2 Å². The molecule has 0 aromatic heterocycles. The van der Waals surface area contributed by atoms with Gasteiger partial charge < -0.3 is 10.4 Å². The van der Waals surface area contributed by atoms with Gasteiger partial charge in [0.15, 0.2) is 5.54 Å². The van der Waals surface area contributed by atoms with Crippen LogP contribution in [0.3, 0.4) is 0 Å². The zero-order valence-electron chi connectivity index (χ0n) is 12.1. The topological polar surface area (TPSA) is 66.4 Å². The minimum absolute atomic E-state index is 0.103. The highest BCUT2D eigenvalue weighted by molar-refractivity contribution is 5.91. The largest absolute Gasteiger partial charge is 0.479 e. The van der Waals surface area contributed by atoms with Crippen molar-refractivity contribution in [2.45, 2.75) is 43.8 Å². The molecule has 0 bridgehead atoms. The van der Waals surface area contributed by atoms with E-state index in [9.17, 15) is 27.9 Å². The zero-order valence-corrected chi connectivity index (χ0v) is 12.1. The van der Waals surface area contributed by atoms with Crippen molar-refractivity contribution in [3.05, 3.63) is 35.4 Å². The van der Waals surface area contributed by atoms with Gasteiger partial charge in [0.25, 0.3) is 0 Å². The Morgan fingerprint density at radius 1 is 1.14 bits per heavy atom. The quantitative estimate of drug-likeness (QED) is 0.882. The minimum atomic E-state index is -5.13. The Morgan fingerprint density at radius 2 is 1.68 bits per heavy atom. The number of carboxylic acid groups (broad SMARTS) is 1. The average Bonchev–Trinajstić information content (AvgIpc) is 2.41. The number of amides is 1. The molecule has 1 aliphatic rings. The Kier molecular flexibility index (Phi) is 3.71. The Balaban J connectivity index is 2.58. The van der Waals surface area contributed by atoms with E-state index < -0.39 is 23.6 Å². The molecule has 0 saturated heterocycles. The maximum absolute atomic E-state index is 12.6. The lowest BCUT2D eigenvalue weighted by molar-refractivity contribution is -0.178. The molecule has 0 saturated carbocycles. The van der Waals surface area contributed by atoms with Crippen molar-refractivity contribution in [3.8, 4) is 0 Å². The van der Waals surface area contributed by atoms with Crippen LogP contribution < -0.4 is 5.32 Å². The van der Waals surface area contributed by atoms with Crippen molar-refractivity contribution in [1.29, 1.82) is 0 Å². The molecule has 1 aromatic carbocycles. The summed E-state index contributed by atoms with van der Waals surface area (Å²) in [6, 6.07) is 6.40. The fourth-order valence-corrected chi connectivity index (χ4v) is 2.88. The summed E-state index contributed by atoms with van der Waals surface area (Å²) in [5.41, 5.74) is -1.60. The third-order valence-electron chi connectivity index (χ3n) is 4.19. The van der Waals surface area contributed by atoms with E-state index in [4.69, 9.17) is 0 Å². The molecule has 7 heteroatoms. The van der Waals surface area contributed by atoms with Gasteiger partial charge in [-0.05, 0) is 29.4 Å². The molecule has 22 heavy (non-hydrogen) atoms. The first-order valence-electron chi connectivity index (χ1n) is 6.73. The van der Waals surface area contributed by atoms with E-state index >= 15 is 0 Å². The molecule has 2 N–H and O–H groups in total. The van der Waals surface area contributed by atoms with Crippen LogP contribution in [-0.4, -0.2) is 23.2 Å². The van der Waals surface area contributed by atoms with E-state index in [2.05, 4.69) is 0 Å². The Hall–Kier alpha value is -2.05. The summed E-state index contributed by atoms with van der Waals surface area (Å²) in [7, 11) is 0. The third kappa shape index (κ3) is 2.55. The second kappa shape index (κ2) is 5.00. The van der Waals surface area contributed by atoms with Crippen LogP contribution in [0.5, 0.6) is 0 Å². The number of hydrogen-bond donors (Lipinski definition) is 2. The molecular weight excluding hydrogens is 299 g/mol. The SMILES string of the molecule is CC1(C)CCC(NC(=O)C(F)(F)F)(C(=O)O)c2ccccc21. The molecule has 0 radical (unpaired) electrons. The number of halogens is 3. The summed E-state index contributed by atoms with van der Waals surface area (Å²) in [6.45, 7) is 3.78. The van der Waals surface area contributed by atoms with Gasteiger partial charge in [-0.1, -0.05) is 38.1 Å². The number of hydrogen-bond acceptors (Lipinski definition) is 2. The van der Waals surface area contributed by atoms with Crippen LogP contribution in [-0.2, 0) is 20.5 Å². The lowest BCUT2D eigenvalue weighted by Gasteiger charge is -2.43. The minimum Gasteiger partial charge on any atom is -0.479 e. The molecular formula is C15H16F3NO3. The van der Waals surface area contributed by atoms with Crippen molar-refractivity contribution in [2.24, 2.45) is 0 Å². The smallest absolute Gasteiger partial charge is 0.471 e. The van der Waals surface area contributed by atoms with Gasteiger partial charge in [-0.15, -0.1) is 0 Å². The van der Waals surface area contributed by atoms with E-state index in [1.807, 2.05) is 13.8 Å². The molecule has 0 fully saturated rings. The van der Waals surface area contributed by atoms with E-state index in [-0.39, 0.29) is 17.4 Å². The van der Waals surface area contributed by atoms with Crippen molar-refractivity contribution in [2.75, 3.05) is 0 Å². The summed E-state index contributed by atoms with van der Waals surface area (Å²) >= 11 is 0. The second-order valence-electron chi connectivity index (χ2n) is 6.09. The second-order valence-corrected chi connectivity index (χ2v) is 6.09. The van der Waals surface area contributed by atoms with Gasteiger partial charge in [-0.3, -0.25) is 4.79 Å². The van der Waals surface area contributed by atoms with Gasteiger partial charge in [0.2, 0.25) is 0 Å². The van der Waals surface area contributed by atoms with Crippen molar-refractivity contribution in [3.63, 3.8) is 0 Å². The summed E-state index contributed by atoms with van der Waals surface area (Å²) in [5, 5.41) is 11.2. The molecule has 0 aliphatic heterocycles. The zero-order chi connectivity index (χ0) is 16.8. The number of carbonyl (C=O) groups is 2. The molecule has 4 nitrogen and oxygen atoms in total. The number of nitrogens with one attached hydrogen (secondary N) is 1. The Labute approximate surface area is 125 Å². The van der Waals surface area contributed by atoms with Gasteiger partial charge in [0.05, 0.1) is 0 Å². The molecule has 1 aliphatic carbocycles. The van der Waals surface area contributed by atoms with Crippen molar-refractivity contribution in [1.82, 2.24) is 5.32 Å². The molecule has 2 rings (SSSR count). The summed E-state index contributed by atoms with van der Waals surface area (Å²) < 4.78 is 37.7. The molecule has 1 aromatic rings. The maximum atomic E-state index is 12.6. The lowest BCUT2D eigenvalue weighted by atomic mass is 9.65. The lowest BCUT2D eigenvalue weighted by Crippen LogP contribution is -2.58. The van der Waals surface area contributed by atoms with Crippen LogP contribution >= 0.6 is 0 Å². The first-order valence-corrected chi connectivity index (χ1v) is 6.73. The number of aliphatic carboxylic acids is 1. The predicted octanol–water partition coefficient (Wildman–Crippen LogP) is 2.72. The standard InChI is InChI=1S/C15H16F3NO3/c1-13(2)7-8-14(12(21)22,19-11(20)15(16,17)18)10-6-4-3-5-9(10)13/h3-6H,7-8H2,1-2H3,(H,19,20)(H,21,22). The summed E-state index contributed by atoms with van der Waals surface area (Å²) in [4.78, 5) is 23.0. The monoisotopic (exact) mass is 315 g/mol. The normalized spacial score (nSPS) is 23.5. The van der Waals surface area contributed by atoms with Crippen LogP contribution in [0, 0.1) is 0 Å². The highest BCUT2D eigenvalue weighted by Crippen LogP contribution is 2.45. The number of benzene rings is 1. The molecule has 1 atom stereocenters. The van der Waals surface area contributed by atoms with Crippen LogP contribution in [0.15, 0.2) is 24.3 Å². The summed E-state index contributed by atoms with van der Waals surface area (Å²) in [5.74, 6) is -3.74. The fourth-order valence-electron chi connectivity index (χ4n) is 2.88. The molecule has 1 unspecified atom stereocenters. The van der Waals surface area contributed by atoms with E-state index in [0.29, 0.717) is 12.0 Å². The van der Waals surface area contributed by atoms with Crippen LogP contribution in [0.2, 0.25) is 0 Å². The average molecular weight is 315 g/mol. The molecule has 1 amide bonds. The third-order valence-corrected chi connectivity index (χ3v) is 4.19. The highest BCUT2D eigenvalue weighted by Gasteiger charge is 2.52. The van der Waals surface area contributed by atoms with Crippen molar-refractivity contribution < 1.29 is 27.9 Å². The number of fused-ring (bicyclic) bond motifs is 1. The van der Waals surface area contributed by atoms with E-state index in [0.717, 1.165) is 0 Å². The van der Waals surface area contributed by atoms with Crippen LogP contribution in [0.1, 0.15) is 37.8 Å². The van der Waals surface area contributed by atoms with Gasteiger partial charge in [0.1, 0.15) is 0 Å². The Bertz CT molecular complexity index is 625. The number of carboxylic acids is 1. The highest BCUT2D eigenvalue weighted by atomic mass is 19.4. The van der Waals surface area contributed by atoms with E-state index in [1.165, 1.54) is 6.07 Å². The van der Waals surface area contributed by atoms with Gasteiger partial charge in [-0.25, -0.2) is 4.79 Å². The van der Waals surface area contributed by atoms with Gasteiger partial charge in [-0.2, -0.15) is 13.2 Å². The summed E-state index contributed by atoms with van der Waals surface area (Å²) in [6.07, 6.45) is -4.90. The van der Waals surface area contributed by atoms with Crippen LogP contribution in [0.25, 0.3) is 0 Å². The first-order chi connectivity index (χ1) is 10.0. The fraction of sp³-hybridized carbons (Fsp3) is 0.467. The molecule has 0 heterocycles. The first kappa shape index (κ1) is 16.3. The van der Waals surface area contributed by atoms with Gasteiger partial charge >= 0.3 is 18.1 Å². The Morgan fingerprint density at radius 3 is 2.18 bits per heavy atom. The van der Waals surface area contributed by atoms with E-state index in [1.54, 1.807) is 23.5 Å². The predicted molar refractivity (Wildman–Crippen MR) is 72.2 cm³/mol. The maximum Gasteiger partial charge on any atom is 0.471 e. The van der Waals surface area contributed by atoms with Crippen molar-refractivity contribution >= 4 is 11.9 Å². The van der Waals surface area contributed by atoms with Gasteiger partial charge in [0, 0.05) is 0 Å².